The first-order valence-corrected chi connectivity index (χ1v) is 7.41. The fourth-order valence-electron chi connectivity index (χ4n) is 2.09. The summed E-state index contributed by atoms with van der Waals surface area (Å²) in [5, 5.41) is -0.337. The van der Waals surface area contributed by atoms with Crippen molar-refractivity contribution >= 4 is 27.5 Å². The Morgan fingerprint density at radius 2 is 1.85 bits per heavy atom. The van der Waals surface area contributed by atoms with Gasteiger partial charge in [0.1, 0.15) is 0 Å². The summed E-state index contributed by atoms with van der Waals surface area (Å²) < 4.78 is 19.5. The summed E-state index contributed by atoms with van der Waals surface area (Å²) in [6.45, 7) is 4.03. The molecule has 0 radical (unpaired) electrons. The van der Waals surface area contributed by atoms with Gasteiger partial charge >= 0.3 is 0 Å². The van der Waals surface area contributed by atoms with Crippen molar-refractivity contribution in [2.75, 3.05) is 7.11 Å². The molecular formula is C16H15BrClFO. The molecule has 0 amide bonds. The molecule has 106 valence electrons. The zero-order chi connectivity index (χ0) is 14.9. The van der Waals surface area contributed by atoms with Crippen LogP contribution in [-0.4, -0.2) is 7.11 Å². The van der Waals surface area contributed by atoms with Crippen molar-refractivity contribution in [3.8, 4) is 5.75 Å². The Balaban J connectivity index is 2.46. The number of alkyl halides is 1. The maximum Gasteiger partial charge on any atom is 0.165 e. The van der Waals surface area contributed by atoms with Crippen molar-refractivity contribution in [1.29, 1.82) is 0 Å². The molecule has 0 aliphatic rings. The Hall–Kier alpha value is -1.06. The molecule has 2 aromatic carbocycles. The monoisotopic (exact) mass is 356 g/mol. The summed E-state index contributed by atoms with van der Waals surface area (Å²) in [7, 11) is 1.44. The molecule has 0 spiro atoms. The maximum atomic E-state index is 13.5. The van der Waals surface area contributed by atoms with Gasteiger partial charge in [0.15, 0.2) is 11.6 Å². The lowest BCUT2D eigenvalue weighted by molar-refractivity contribution is 0.386. The predicted octanol–water partition coefficient (Wildman–Crippen LogP) is 5.54. The topological polar surface area (TPSA) is 9.23 Å². The van der Waals surface area contributed by atoms with Crippen molar-refractivity contribution in [1.82, 2.24) is 0 Å². The van der Waals surface area contributed by atoms with Crippen LogP contribution in [-0.2, 0) is 0 Å². The van der Waals surface area contributed by atoms with Gasteiger partial charge in [-0.25, -0.2) is 4.39 Å². The first kappa shape index (κ1) is 15.3. The number of rotatable bonds is 3. The van der Waals surface area contributed by atoms with Gasteiger partial charge in [-0.1, -0.05) is 28.1 Å². The SMILES string of the molecule is COc1cc(C(Cl)c2cc(C)c(Br)cc2C)ccc1F. The summed E-state index contributed by atoms with van der Waals surface area (Å²) in [4.78, 5) is 0. The van der Waals surface area contributed by atoms with Gasteiger partial charge < -0.3 is 4.74 Å². The zero-order valence-electron chi connectivity index (χ0n) is 11.5. The van der Waals surface area contributed by atoms with Gasteiger partial charge in [-0.05, 0) is 54.3 Å². The Labute approximate surface area is 131 Å². The van der Waals surface area contributed by atoms with Crippen molar-refractivity contribution in [3.63, 3.8) is 0 Å². The average molecular weight is 358 g/mol. The van der Waals surface area contributed by atoms with E-state index in [1.165, 1.54) is 13.2 Å². The lowest BCUT2D eigenvalue weighted by Gasteiger charge is -2.16. The number of aryl methyl sites for hydroxylation is 2. The van der Waals surface area contributed by atoms with Gasteiger partial charge in [0.2, 0.25) is 0 Å². The molecule has 0 bridgehead atoms. The van der Waals surface area contributed by atoms with E-state index in [1.54, 1.807) is 12.1 Å². The summed E-state index contributed by atoms with van der Waals surface area (Å²) in [6, 6.07) is 8.80. The maximum absolute atomic E-state index is 13.5. The van der Waals surface area contributed by atoms with E-state index in [4.69, 9.17) is 16.3 Å². The van der Waals surface area contributed by atoms with Crippen molar-refractivity contribution < 1.29 is 9.13 Å². The van der Waals surface area contributed by atoms with E-state index in [-0.39, 0.29) is 16.9 Å². The summed E-state index contributed by atoms with van der Waals surface area (Å²) in [6.07, 6.45) is 0. The molecule has 0 heterocycles. The second kappa shape index (κ2) is 6.15. The Kier molecular flexibility index (Phi) is 4.71. The smallest absolute Gasteiger partial charge is 0.165 e. The Morgan fingerprint density at radius 3 is 2.50 bits per heavy atom. The zero-order valence-corrected chi connectivity index (χ0v) is 13.8. The number of hydrogen-bond acceptors (Lipinski definition) is 1. The van der Waals surface area contributed by atoms with Crippen LogP contribution in [0.1, 0.15) is 27.6 Å². The number of hydrogen-bond donors (Lipinski definition) is 0. The molecule has 0 N–H and O–H groups in total. The third-order valence-electron chi connectivity index (χ3n) is 3.29. The fraction of sp³-hybridized carbons (Fsp3) is 0.250. The Morgan fingerprint density at radius 1 is 1.15 bits per heavy atom. The number of benzene rings is 2. The third-order valence-corrected chi connectivity index (χ3v) is 4.63. The highest BCUT2D eigenvalue weighted by Crippen LogP contribution is 2.35. The van der Waals surface area contributed by atoms with Crippen molar-refractivity contribution in [3.05, 3.63) is 62.9 Å². The molecule has 0 aromatic heterocycles. The van der Waals surface area contributed by atoms with Gasteiger partial charge in [0.05, 0.1) is 12.5 Å². The van der Waals surface area contributed by atoms with Crippen LogP contribution in [0.15, 0.2) is 34.8 Å². The minimum absolute atomic E-state index is 0.208. The third kappa shape index (κ3) is 2.99. The molecule has 0 aliphatic heterocycles. The standard InChI is InChI=1S/C16H15BrClFO/c1-9-7-13(17)10(2)6-12(9)16(18)11-4-5-14(19)15(8-11)20-3/h4-8,16H,1-3H3. The van der Waals surface area contributed by atoms with Crippen LogP contribution in [0.25, 0.3) is 0 Å². The summed E-state index contributed by atoms with van der Waals surface area (Å²) in [5.74, 6) is -0.177. The average Bonchev–Trinajstić information content (AvgIpc) is 2.42. The minimum atomic E-state index is -0.385. The summed E-state index contributed by atoms with van der Waals surface area (Å²) in [5.41, 5.74) is 4.03. The second-order valence-corrected chi connectivity index (χ2v) is 6.01. The minimum Gasteiger partial charge on any atom is -0.494 e. The van der Waals surface area contributed by atoms with E-state index < -0.39 is 0 Å². The highest BCUT2D eigenvalue weighted by atomic mass is 79.9. The lowest BCUT2D eigenvalue weighted by Crippen LogP contribution is -1.99. The number of ether oxygens (including phenoxy) is 1. The van der Waals surface area contributed by atoms with E-state index in [9.17, 15) is 4.39 Å². The molecule has 0 aliphatic carbocycles. The highest BCUT2D eigenvalue weighted by Gasteiger charge is 2.16. The molecule has 20 heavy (non-hydrogen) atoms. The number of halogens is 3. The highest BCUT2D eigenvalue weighted by molar-refractivity contribution is 9.10. The van der Waals surface area contributed by atoms with Gasteiger partial charge in [-0.2, -0.15) is 0 Å². The van der Waals surface area contributed by atoms with Crippen LogP contribution in [0.5, 0.6) is 5.75 Å². The normalized spacial score (nSPS) is 12.3. The van der Waals surface area contributed by atoms with Crippen LogP contribution in [0.4, 0.5) is 4.39 Å². The van der Waals surface area contributed by atoms with E-state index in [1.807, 2.05) is 26.0 Å². The van der Waals surface area contributed by atoms with Gasteiger partial charge in [-0.3, -0.25) is 0 Å². The van der Waals surface area contributed by atoms with Crippen LogP contribution in [0.2, 0.25) is 0 Å². The molecule has 1 nitrogen and oxygen atoms in total. The molecule has 0 saturated heterocycles. The fourth-order valence-corrected chi connectivity index (χ4v) is 2.92. The molecule has 2 aromatic rings. The van der Waals surface area contributed by atoms with Gasteiger partial charge in [0.25, 0.3) is 0 Å². The number of methoxy groups -OCH3 is 1. The molecule has 1 atom stereocenters. The molecule has 0 fully saturated rings. The molecule has 2 rings (SSSR count). The van der Waals surface area contributed by atoms with Gasteiger partial charge in [-0.15, -0.1) is 11.6 Å². The molecule has 1 unspecified atom stereocenters. The van der Waals surface area contributed by atoms with E-state index in [2.05, 4.69) is 15.9 Å². The van der Waals surface area contributed by atoms with Crippen LogP contribution in [0.3, 0.4) is 0 Å². The Bertz CT molecular complexity index is 643. The first-order chi connectivity index (χ1) is 9.43. The summed E-state index contributed by atoms with van der Waals surface area (Å²) >= 11 is 10.1. The van der Waals surface area contributed by atoms with Crippen LogP contribution < -0.4 is 4.74 Å². The van der Waals surface area contributed by atoms with Gasteiger partial charge in [0, 0.05) is 4.47 Å². The molecular weight excluding hydrogens is 343 g/mol. The predicted molar refractivity (Wildman–Crippen MR) is 84.3 cm³/mol. The lowest BCUT2D eigenvalue weighted by atomic mass is 9.98. The molecule has 0 saturated carbocycles. The van der Waals surface area contributed by atoms with Crippen LogP contribution in [0, 0.1) is 19.7 Å². The second-order valence-electron chi connectivity index (χ2n) is 4.71. The van der Waals surface area contributed by atoms with E-state index >= 15 is 0 Å². The molecule has 4 heteroatoms. The van der Waals surface area contributed by atoms with E-state index in [0.717, 1.165) is 26.7 Å². The first-order valence-electron chi connectivity index (χ1n) is 6.18. The largest absolute Gasteiger partial charge is 0.494 e. The van der Waals surface area contributed by atoms with Crippen LogP contribution >= 0.6 is 27.5 Å². The van der Waals surface area contributed by atoms with E-state index in [0.29, 0.717) is 0 Å². The van der Waals surface area contributed by atoms with Crippen molar-refractivity contribution in [2.24, 2.45) is 0 Å². The quantitative estimate of drug-likeness (QED) is 0.655. The van der Waals surface area contributed by atoms with Crippen molar-refractivity contribution in [2.45, 2.75) is 19.2 Å².